The van der Waals surface area contributed by atoms with E-state index in [1.807, 2.05) is 31.1 Å². The van der Waals surface area contributed by atoms with Crippen LogP contribution in [0.3, 0.4) is 0 Å². The molecule has 1 aromatic carbocycles. The second kappa shape index (κ2) is 22.3. The number of carboxylic acid groups (broad SMARTS) is 2. The minimum absolute atomic E-state index is 0.105. The lowest BCUT2D eigenvalue weighted by Crippen LogP contribution is -2.34. The summed E-state index contributed by atoms with van der Waals surface area (Å²) in [7, 11) is -17.0. The number of aliphatic hydroxyl groups excluding tert-OH is 2. The molecule has 1 saturated heterocycles. The number of phosphoric acid groups is 2. The van der Waals surface area contributed by atoms with Gasteiger partial charge in [0.25, 0.3) is 5.56 Å². The molecule has 6 aromatic rings. The highest BCUT2D eigenvalue weighted by atomic mass is 31.3. The van der Waals surface area contributed by atoms with Crippen molar-refractivity contribution in [2.24, 2.45) is 0 Å². The Kier molecular flexibility index (Phi) is 16.6. The minimum Gasteiger partial charge on any atom is -0.480 e. The number of phosphoric ester groups is 1. The number of nitrogens with one attached hydrogen (secondary N) is 2. The third kappa shape index (κ3) is 13.6. The van der Waals surface area contributed by atoms with E-state index in [2.05, 4.69) is 33.5 Å². The molecule has 11 N–H and O–H groups in total. The van der Waals surface area contributed by atoms with Crippen molar-refractivity contribution in [3.63, 3.8) is 0 Å². The number of rotatable bonds is 23. The number of ether oxygens (including phenoxy) is 1. The van der Waals surface area contributed by atoms with E-state index in [4.69, 9.17) is 25.0 Å². The Hall–Kier alpha value is -6.19. The number of hydrogen-bond donors (Lipinski definition) is 10. The minimum atomic E-state index is -5.92. The molecule has 0 aliphatic carbocycles. The molecule has 0 saturated carbocycles. The first kappa shape index (κ1) is 53.6. The standard InChI is InChI=1S/C41H48N11O17P3/c1-3-50(4-2)17-26-7-5-9-28(44-26)30-15-24(16-31(46-30)29-10-6-8-27(45-29)18-51(19-33(53)54)20-34(55)56)23-11-13-25(14-12-23)49-70(60,61)68-72(64,65)69-71(62,63)66-21-32-36(57)37(58)40(67-32)52-22-43-35-38(52)47-41(42)48-39(35)59/h5-16,22,32,36-37,40,57-58H,3-4,17-21H2,1-2H3,(H,53,54)(H,55,56)(H,62,63)(H,64,65)(H2,49,60,61)(H3,42,47,48,59)/t32-,36?,37+,40-/m1/s1. The number of imidazole rings is 1. The molecular formula is C41H48N11O17P3. The zero-order valence-corrected chi connectivity index (χ0v) is 40.7. The van der Waals surface area contributed by atoms with Crippen molar-refractivity contribution in [2.45, 2.75) is 51.5 Å². The van der Waals surface area contributed by atoms with Gasteiger partial charge in [0.2, 0.25) is 5.95 Å². The van der Waals surface area contributed by atoms with E-state index < -0.39 is 85.1 Å². The summed E-state index contributed by atoms with van der Waals surface area (Å²) in [5.74, 6) is -2.74. The molecule has 1 aliphatic rings. The van der Waals surface area contributed by atoms with Crippen molar-refractivity contribution in [2.75, 3.05) is 43.6 Å². The number of fused-ring (bicyclic) bond motifs is 1. The maximum Gasteiger partial charge on any atom is 0.489 e. The van der Waals surface area contributed by atoms with Gasteiger partial charge in [0.15, 0.2) is 17.4 Å². The number of aliphatic hydroxyl groups is 2. The number of carboxylic acids is 2. The highest BCUT2D eigenvalue weighted by Crippen LogP contribution is 2.67. The van der Waals surface area contributed by atoms with Crippen molar-refractivity contribution >= 4 is 58.1 Å². The van der Waals surface area contributed by atoms with Crippen LogP contribution in [0.2, 0.25) is 0 Å². The maximum absolute atomic E-state index is 13.1. The molecule has 1 fully saturated rings. The number of anilines is 2. The van der Waals surface area contributed by atoms with E-state index in [0.717, 1.165) is 29.7 Å². The van der Waals surface area contributed by atoms with Crippen LogP contribution in [0.1, 0.15) is 31.5 Å². The lowest BCUT2D eigenvalue weighted by atomic mass is 10.0. The predicted molar refractivity (Wildman–Crippen MR) is 253 cm³/mol. The Morgan fingerprint density at radius 3 is 1.93 bits per heavy atom. The smallest absolute Gasteiger partial charge is 0.480 e. The van der Waals surface area contributed by atoms with Gasteiger partial charge in [0.1, 0.15) is 18.3 Å². The quantitative estimate of drug-likeness (QED) is 0.0412. The molecule has 384 valence electrons. The van der Waals surface area contributed by atoms with E-state index in [1.165, 1.54) is 29.2 Å². The molecule has 72 heavy (non-hydrogen) atoms. The third-order valence-electron chi connectivity index (χ3n) is 10.7. The van der Waals surface area contributed by atoms with Crippen molar-refractivity contribution < 1.29 is 76.3 Å². The fraction of sp³-hybridized carbons (Fsp3) is 0.317. The Morgan fingerprint density at radius 1 is 0.778 bits per heavy atom. The van der Waals surface area contributed by atoms with Gasteiger partial charge < -0.3 is 45.6 Å². The average molecular weight is 1060 g/mol. The lowest BCUT2D eigenvalue weighted by molar-refractivity contribution is -0.142. The van der Waals surface area contributed by atoms with Gasteiger partial charge in [-0.3, -0.25) is 43.3 Å². The van der Waals surface area contributed by atoms with Crippen molar-refractivity contribution in [3.8, 4) is 33.9 Å². The van der Waals surface area contributed by atoms with Crippen LogP contribution in [0.4, 0.5) is 11.6 Å². The second-order valence-electron chi connectivity index (χ2n) is 16.0. The van der Waals surface area contributed by atoms with Crippen LogP contribution in [0.15, 0.2) is 83.9 Å². The number of hydrogen-bond acceptors (Lipinski definition) is 20. The van der Waals surface area contributed by atoms with Crippen LogP contribution in [0.25, 0.3) is 45.1 Å². The number of benzene rings is 1. The number of pyridine rings is 3. The highest BCUT2D eigenvalue weighted by Gasteiger charge is 2.47. The maximum atomic E-state index is 13.1. The van der Waals surface area contributed by atoms with Gasteiger partial charge in [-0.1, -0.05) is 38.1 Å². The fourth-order valence-corrected chi connectivity index (χ4v) is 11.2. The summed E-state index contributed by atoms with van der Waals surface area (Å²) in [6, 6.07) is 19.6. The van der Waals surface area contributed by atoms with Crippen LogP contribution in [0, 0.1) is 0 Å². The van der Waals surface area contributed by atoms with Gasteiger partial charge in [-0.15, -0.1) is 0 Å². The van der Waals surface area contributed by atoms with E-state index >= 15 is 0 Å². The summed E-state index contributed by atoms with van der Waals surface area (Å²) >= 11 is 0. The average Bonchev–Trinajstić information content (AvgIpc) is 3.85. The molecule has 4 unspecified atom stereocenters. The monoisotopic (exact) mass is 1060 g/mol. The summed E-state index contributed by atoms with van der Waals surface area (Å²) in [6.45, 7) is 3.97. The first-order valence-electron chi connectivity index (χ1n) is 21.5. The zero-order chi connectivity index (χ0) is 52.1. The first-order chi connectivity index (χ1) is 34.0. The summed E-state index contributed by atoms with van der Waals surface area (Å²) in [5, 5.41) is 42.0. The van der Waals surface area contributed by atoms with Crippen molar-refractivity contribution in [1.29, 1.82) is 0 Å². The Balaban J connectivity index is 1.06. The van der Waals surface area contributed by atoms with E-state index in [-0.39, 0.29) is 29.3 Å². The van der Waals surface area contributed by atoms with Crippen LogP contribution >= 0.6 is 23.4 Å². The van der Waals surface area contributed by atoms with Crippen molar-refractivity contribution in [3.05, 3.63) is 101 Å². The van der Waals surface area contributed by atoms with Crippen molar-refractivity contribution in [1.82, 2.24) is 44.3 Å². The number of nitrogens with zero attached hydrogens (tertiary/aromatic N) is 8. The summed E-state index contributed by atoms with van der Waals surface area (Å²) in [4.78, 5) is 94.1. The SMILES string of the molecule is CCN(CC)Cc1cccc(-c2cc(-c3ccc(NP(=O)(O)OP(=O)(O)OP(=O)(O)OC[C@H]4O[C@@H](n5cnc6c(=O)[nH]c(N)nc65)[C@@H](O)C4O)cc3)cc(-c3cccc(CN(CC(=O)O)CC(=O)O)n3)n2)n1. The molecule has 0 bridgehead atoms. The van der Waals surface area contributed by atoms with Crippen LogP contribution in [0.5, 0.6) is 0 Å². The number of aromatic nitrogens is 7. The topological polar surface area (TPSA) is 411 Å². The van der Waals surface area contributed by atoms with Gasteiger partial charge in [0.05, 0.1) is 60.2 Å². The van der Waals surface area contributed by atoms with Crippen LogP contribution in [-0.4, -0.2) is 142 Å². The molecule has 0 radical (unpaired) electrons. The highest BCUT2D eigenvalue weighted by molar-refractivity contribution is 7.68. The molecule has 31 heteroatoms. The third-order valence-corrected chi connectivity index (χ3v) is 15.1. The van der Waals surface area contributed by atoms with E-state index in [9.17, 15) is 63.2 Å². The number of aliphatic carboxylic acids is 2. The van der Waals surface area contributed by atoms with Crippen LogP contribution < -0.4 is 16.4 Å². The van der Waals surface area contributed by atoms with Gasteiger partial charge in [-0.2, -0.15) is 13.6 Å². The number of nitrogen functional groups attached to an aromatic ring is 1. The molecule has 5 aromatic heterocycles. The van der Waals surface area contributed by atoms with Gasteiger partial charge in [-0.05, 0) is 72.7 Å². The van der Waals surface area contributed by atoms with Crippen LogP contribution in [-0.2, 0) is 54.3 Å². The second-order valence-corrected chi connectivity index (χ2v) is 20.7. The largest absolute Gasteiger partial charge is 0.489 e. The Bertz CT molecular complexity index is 3140. The molecule has 28 nitrogen and oxygen atoms in total. The van der Waals surface area contributed by atoms with Gasteiger partial charge >= 0.3 is 35.3 Å². The van der Waals surface area contributed by atoms with E-state index in [0.29, 0.717) is 46.1 Å². The molecule has 7 atom stereocenters. The molecule has 6 heterocycles. The Morgan fingerprint density at radius 2 is 1.36 bits per heavy atom. The predicted octanol–water partition coefficient (Wildman–Crippen LogP) is 2.78. The summed E-state index contributed by atoms with van der Waals surface area (Å²) in [6.07, 6.45) is -5.58. The molecular weight excluding hydrogens is 1010 g/mol. The molecule has 7 rings (SSSR count). The van der Waals surface area contributed by atoms with E-state index in [1.54, 1.807) is 36.4 Å². The normalized spacial score (nSPS) is 19.5. The molecule has 0 spiro atoms. The number of carbonyl (C=O) groups is 2. The lowest BCUT2D eigenvalue weighted by Gasteiger charge is -2.21. The first-order valence-corrected chi connectivity index (χ1v) is 26.1. The number of nitrogens with two attached hydrogens (primary N) is 1. The van der Waals surface area contributed by atoms with Gasteiger partial charge in [0, 0.05) is 18.8 Å². The molecule has 0 amide bonds. The van der Waals surface area contributed by atoms with Gasteiger partial charge in [-0.25, -0.2) is 33.6 Å². The number of H-pyrrole nitrogens is 1. The molecule has 1 aliphatic heterocycles. The fourth-order valence-electron chi connectivity index (χ4n) is 7.46. The number of aromatic amines is 1. The Labute approximate surface area is 407 Å². The summed E-state index contributed by atoms with van der Waals surface area (Å²) in [5.41, 5.74) is 8.27. The summed E-state index contributed by atoms with van der Waals surface area (Å²) < 4.78 is 58.6. The zero-order valence-electron chi connectivity index (χ0n) is 38.0.